The van der Waals surface area contributed by atoms with Gasteiger partial charge >= 0.3 is 0 Å². The molecule has 1 aromatic carbocycles. The zero-order valence-corrected chi connectivity index (χ0v) is 16.0. The molecule has 142 valence electrons. The first-order chi connectivity index (χ1) is 12.5. The van der Waals surface area contributed by atoms with Gasteiger partial charge in [-0.2, -0.15) is 0 Å². The van der Waals surface area contributed by atoms with Crippen molar-refractivity contribution in [3.05, 3.63) is 29.8 Å². The summed E-state index contributed by atoms with van der Waals surface area (Å²) in [6.45, 7) is 5.49. The van der Waals surface area contributed by atoms with E-state index in [-0.39, 0.29) is 17.7 Å². The minimum Gasteiger partial charge on any atom is -0.496 e. The van der Waals surface area contributed by atoms with Gasteiger partial charge in [-0.3, -0.25) is 9.59 Å². The highest BCUT2D eigenvalue weighted by Gasteiger charge is 2.41. The lowest BCUT2D eigenvalue weighted by Crippen LogP contribution is -2.45. The summed E-state index contributed by atoms with van der Waals surface area (Å²) in [4.78, 5) is 27.1. The van der Waals surface area contributed by atoms with Gasteiger partial charge < -0.3 is 15.0 Å². The summed E-state index contributed by atoms with van der Waals surface area (Å²) in [6, 6.07) is 7.95. The zero-order chi connectivity index (χ0) is 18.7. The minimum absolute atomic E-state index is 0.0386. The third-order valence-corrected chi connectivity index (χ3v) is 6.24. The number of carbonyl (C=O) groups excluding carboxylic acids is 2. The highest BCUT2D eigenvalue weighted by molar-refractivity contribution is 5.89. The Morgan fingerprint density at radius 3 is 2.81 bits per heavy atom. The van der Waals surface area contributed by atoms with Crippen LogP contribution < -0.4 is 10.1 Å². The first-order valence-electron chi connectivity index (χ1n) is 9.70. The SMILES string of the molecule is COc1ccccc1CNC(=O)[C@@H]1CC(=O)N([C@@H]2CCC[C@H](C)[C@H]2C)C1. The standard InChI is InChI=1S/C21H30N2O3/c1-14-7-6-9-18(15(14)2)23-13-17(11-20(23)24)21(25)22-12-16-8-4-5-10-19(16)26-3/h4-5,8,10,14-15,17-18H,6-7,9,11-13H2,1-3H3,(H,22,25)/t14-,15+,17+,18+/m0/s1. The molecule has 1 aliphatic carbocycles. The Hall–Kier alpha value is -2.04. The molecule has 0 unspecified atom stereocenters. The van der Waals surface area contributed by atoms with Crippen molar-refractivity contribution >= 4 is 11.8 Å². The van der Waals surface area contributed by atoms with Gasteiger partial charge in [-0.25, -0.2) is 0 Å². The molecule has 5 nitrogen and oxygen atoms in total. The minimum atomic E-state index is -0.248. The maximum absolute atomic E-state index is 12.6. The number of para-hydroxylation sites is 1. The number of nitrogens with one attached hydrogen (secondary N) is 1. The van der Waals surface area contributed by atoms with Gasteiger partial charge in [-0.15, -0.1) is 0 Å². The van der Waals surface area contributed by atoms with Crippen molar-refractivity contribution in [3.8, 4) is 5.75 Å². The second kappa shape index (κ2) is 8.11. The number of hydrogen-bond donors (Lipinski definition) is 1. The van der Waals surface area contributed by atoms with Gasteiger partial charge in [-0.1, -0.05) is 44.9 Å². The Balaban J connectivity index is 1.58. The van der Waals surface area contributed by atoms with Gasteiger partial charge in [0, 0.05) is 31.1 Å². The van der Waals surface area contributed by atoms with Crippen molar-refractivity contribution in [1.29, 1.82) is 0 Å². The van der Waals surface area contributed by atoms with E-state index in [1.807, 2.05) is 29.2 Å². The Bertz CT molecular complexity index is 660. The molecule has 1 heterocycles. The van der Waals surface area contributed by atoms with Crippen LogP contribution in [0.15, 0.2) is 24.3 Å². The van der Waals surface area contributed by atoms with Crippen LogP contribution >= 0.6 is 0 Å². The normalized spacial score (nSPS) is 28.9. The molecule has 0 radical (unpaired) electrons. The molecule has 1 aliphatic heterocycles. The van der Waals surface area contributed by atoms with Gasteiger partial charge in [0.05, 0.1) is 13.0 Å². The third-order valence-electron chi connectivity index (χ3n) is 6.24. The molecule has 0 aromatic heterocycles. The van der Waals surface area contributed by atoms with E-state index < -0.39 is 0 Å². The largest absolute Gasteiger partial charge is 0.496 e. The lowest BCUT2D eigenvalue weighted by Gasteiger charge is -2.40. The van der Waals surface area contributed by atoms with Gasteiger partial charge in [0.1, 0.15) is 5.75 Å². The van der Waals surface area contributed by atoms with Gasteiger partial charge in [0.25, 0.3) is 0 Å². The number of amides is 2. The Labute approximate surface area is 156 Å². The molecule has 0 bridgehead atoms. The first-order valence-corrected chi connectivity index (χ1v) is 9.70. The highest BCUT2D eigenvalue weighted by Crippen LogP contribution is 2.35. The maximum Gasteiger partial charge on any atom is 0.225 e. The first kappa shape index (κ1) is 18.7. The van der Waals surface area contributed by atoms with Crippen LogP contribution in [0.5, 0.6) is 5.75 Å². The second-order valence-electron chi connectivity index (χ2n) is 7.81. The molecular formula is C21H30N2O3. The second-order valence-corrected chi connectivity index (χ2v) is 7.81. The lowest BCUT2D eigenvalue weighted by molar-refractivity contribution is -0.132. The van der Waals surface area contributed by atoms with Gasteiger partial charge in [0.15, 0.2) is 0 Å². The van der Waals surface area contributed by atoms with Crippen molar-refractivity contribution in [2.24, 2.45) is 17.8 Å². The summed E-state index contributed by atoms with van der Waals surface area (Å²) < 4.78 is 5.32. The summed E-state index contributed by atoms with van der Waals surface area (Å²) >= 11 is 0. The van der Waals surface area contributed by atoms with Gasteiger partial charge in [0.2, 0.25) is 11.8 Å². The van der Waals surface area contributed by atoms with E-state index in [1.54, 1.807) is 7.11 Å². The van der Waals surface area contributed by atoms with E-state index in [2.05, 4.69) is 19.2 Å². The van der Waals surface area contributed by atoms with Crippen molar-refractivity contribution in [3.63, 3.8) is 0 Å². The summed E-state index contributed by atoms with van der Waals surface area (Å²) in [5.41, 5.74) is 0.944. The maximum atomic E-state index is 12.6. The van der Waals surface area contributed by atoms with Crippen LogP contribution in [0, 0.1) is 17.8 Å². The zero-order valence-electron chi connectivity index (χ0n) is 16.0. The molecule has 0 spiro atoms. The summed E-state index contributed by atoms with van der Waals surface area (Å²) in [7, 11) is 1.63. The van der Waals surface area contributed by atoms with Crippen molar-refractivity contribution in [2.75, 3.05) is 13.7 Å². The molecule has 1 N–H and O–H groups in total. The molecule has 2 amide bonds. The molecule has 1 saturated carbocycles. The topological polar surface area (TPSA) is 58.6 Å². The number of methoxy groups -OCH3 is 1. The van der Waals surface area contributed by atoms with Crippen LogP contribution in [0.2, 0.25) is 0 Å². The Morgan fingerprint density at radius 1 is 1.27 bits per heavy atom. The quantitative estimate of drug-likeness (QED) is 0.880. The molecule has 26 heavy (non-hydrogen) atoms. The summed E-state index contributed by atoms with van der Waals surface area (Å²) in [5.74, 6) is 1.75. The van der Waals surface area contributed by atoms with Crippen molar-refractivity contribution < 1.29 is 14.3 Å². The van der Waals surface area contributed by atoms with Crippen LogP contribution in [0.4, 0.5) is 0 Å². The number of benzene rings is 1. The molecule has 2 aliphatic rings. The molecule has 1 saturated heterocycles. The number of ether oxygens (including phenoxy) is 1. The van der Waals surface area contributed by atoms with E-state index in [9.17, 15) is 9.59 Å². The Kier molecular flexibility index (Phi) is 5.84. The Morgan fingerprint density at radius 2 is 2.04 bits per heavy atom. The number of hydrogen-bond acceptors (Lipinski definition) is 3. The van der Waals surface area contributed by atoms with E-state index in [0.29, 0.717) is 37.4 Å². The summed E-state index contributed by atoms with van der Waals surface area (Å²) in [5, 5.41) is 2.98. The van der Waals surface area contributed by atoms with E-state index in [1.165, 1.54) is 12.8 Å². The molecule has 2 fully saturated rings. The van der Waals surface area contributed by atoms with Crippen LogP contribution in [0.3, 0.4) is 0 Å². The average molecular weight is 358 g/mol. The molecular weight excluding hydrogens is 328 g/mol. The molecule has 1 aromatic rings. The highest BCUT2D eigenvalue weighted by atomic mass is 16.5. The van der Waals surface area contributed by atoms with Crippen LogP contribution in [-0.2, 0) is 16.1 Å². The third kappa shape index (κ3) is 3.87. The fraction of sp³-hybridized carbons (Fsp3) is 0.619. The molecule has 5 heteroatoms. The number of rotatable bonds is 5. The van der Waals surface area contributed by atoms with E-state index in [0.717, 1.165) is 17.7 Å². The van der Waals surface area contributed by atoms with Crippen LogP contribution in [0.25, 0.3) is 0 Å². The van der Waals surface area contributed by atoms with Crippen molar-refractivity contribution in [2.45, 2.75) is 52.1 Å². The van der Waals surface area contributed by atoms with E-state index in [4.69, 9.17) is 4.74 Å². The predicted molar refractivity (Wildman–Crippen MR) is 101 cm³/mol. The average Bonchev–Trinajstić information content (AvgIpc) is 3.04. The summed E-state index contributed by atoms with van der Waals surface area (Å²) in [6.07, 6.45) is 3.80. The van der Waals surface area contributed by atoms with E-state index >= 15 is 0 Å². The van der Waals surface area contributed by atoms with Crippen LogP contribution in [-0.4, -0.2) is 36.4 Å². The van der Waals surface area contributed by atoms with Gasteiger partial charge in [-0.05, 0) is 24.3 Å². The van der Waals surface area contributed by atoms with Crippen molar-refractivity contribution in [1.82, 2.24) is 10.2 Å². The number of nitrogens with zero attached hydrogens (tertiary/aromatic N) is 1. The number of likely N-dealkylation sites (tertiary alicyclic amines) is 1. The molecule has 3 rings (SSSR count). The monoisotopic (exact) mass is 358 g/mol. The predicted octanol–water partition coefficient (Wildman–Crippen LogP) is 2.98. The lowest BCUT2D eigenvalue weighted by atomic mass is 9.77. The molecule has 4 atom stereocenters. The fourth-order valence-corrected chi connectivity index (χ4v) is 4.40. The fourth-order valence-electron chi connectivity index (χ4n) is 4.40. The number of carbonyl (C=O) groups is 2. The smallest absolute Gasteiger partial charge is 0.225 e. The van der Waals surface area contributed by atoms with Crippen LogP contribution in [0.1, 0.15) is 45.1 Å².